The van der Waals surface area contributed by atoms with Gasteiger partial charge < -0.3 is 10.5 Å². The van der Waals surface area contributed by atoms with E-state index in [9.17, 15) is 0 Å². The van der Waals surface area contributed by atoms with Gasteiger partial charge in [-0.15, -0.1) is 0 Å². The maximum Gasteiger partial charge on any atom is 0.0804 e. The molecule has 2 nitrogen and oxygen atoms in total. The zero-order chi connectivity index (χ0) is 12.9. The highest BCUT2D eigenvalue weighted by Crippen LogP contribution is 2.38. The van der Waals surface area contributed by atoms with Crippen molar-refractivity contribution in [3.05, 3.63) is 0 Å². The first-order chi connectivity index (χ1) is 8.09. The van der Waals surface area contributed by atoms with Crippen molar-refractivity contribution in [1.82, 2.24) is 0 Å². The molecule has 4 unspecified atom stereocenters. The predicted molar refractivity (Wildman–Crippen MR) is 74.0 cm³/mol. The molecule has 0 amide bonds. The van der Waals surface area contributed by atoms with Crippen LogP contribution in [0.5, 0.6) is 0 Å². The van der Waals surface area contributed by atoms with Crippen LogP contribution in [-0.4, -0.2) is 18.2 Å². The minimum atomic E-state index is -0.135. The summed E-state index contributed by atoms with van der Waals surface area (Å²) in [6.07, 6.45) is 7.67. The Hall–Kier alpha value is -0.0800. The SMILES string of the molecule is CCOC(C)(CC)C(N)C1CCCCC1CC. The average molecular weight is 241 g/mol. The average Bonchev–Trinajstić information content (AvgIpc) is 2.38. The van der Waals surface area contributed by atoms with Crippen LogP contribution in [0.1, 0.15) is 66.2 Å². The molecule has 1 fully saturated rings. The molecule has 4 atom stereocenters. The fourth-order valence-corrected chi connectivity index (χ4v) is 3.43. The lowest BCUT2D eigenvalue weighted by atomic mass is 9.69. The summed E-state index contributed by atoms with van der Waals surface area (Å²) >= 11 is 0. The molecule has 2 N–H and O–H groups in total. The van der Waals surface area contributed by atoms with Gasteiger partial charge in [0.05, 0.1) is 5.60 Å². The molecular weight excluding hydrogens is 210 g/mol. The van der Waals surface area contributed by atoms with Crippen molar-refractivity contribution in [2.45, 2.75) is 77.9 Å². The summed E-state index contributed by atoms with van der Waals surface area (Å²) in [6, 6.07) is 0.192. The minimum absolute atomic E-state index is 0.135. The molecule has 102 valence electrons. The molecule has 17 heavy (non-hydrogen) atoms. The van der Waals surface area contributed by atoms with E-state index < -0.39 is 0 Å². The Balaban J connectivity index is 2.73. The second-order valence-electron chi connectivity index (χ2n) is 5.74. The Labute approximate surface area is 107 Å². The van der Waals surface area contributed by atoms with E-state index in [2.05, 4.69) is 27.7 Å². The number of ether oxygens (including phenoxy) is 1. The lowest BCUT2D eigenvalue weighted by Gasteiger charge is -2.43. The first-order valence-corrected chi connectivity index (χ1v) is 7.48. The Kier molecular flexibility index (Phi) is 5.94. The molecule has 1 saturated carbocycles. The van der Waals surface area contributed by atoms with Gasteiger partial charge in [-0.25, -0.2) is 0 Å². The van der Waals surface area contributed by atoms with E-state index in [0.29, 0.717) is 5.92 Å². The Morgan fingerprint density at radius 1 is 1.24 bits per heavy atom. The van der Waals surface area contributed by atoms with E-state index in [1.165, 1.54) is 32.1 Å². The van der Waals surface area contributed by atoms with Crippen molar-refractivity contribution >= 4 is 0 Å². The number of hydrogen-bond acceptors (Lipinski definition) is 2. The summed E-state index contributed by atoms with van der Waals surface area (Å²) in [5, 5.41) is 0. The topological polar surface area (TPSA) is 35.2 Å². The van der Waals surface area contributed by atoms with E-state index in [-0.39, 0.29) is 11.6 Å². The second-order valence-corrected chi connectivity index (χ2v) is 5.74. The van der Waals surface area contributed by atoms with Crippen molar-refractivity contribution in [3.63, 3.8) is 0 Å². The fourth-order valence-electron chi connectivity index (χ4n) is 3.43. The van der Waals surface area contributed by atoms with Gasteiger partial charge in [0.15, 0.2) is 0 Å². The normalized spacial score (nSPS) is 30.9. The molecule has 0 aliphatic heterocycles. The molecule has 0 saturated heterocycles. The van der Waals surface area contributed by atoms with Crippen LogP contribution in [0.25, 0.3) is 0 Å². The second kappa shape index (κ2) is 6.75. The molecule has 0 heterocycles. The highest BCUT2D eigenvalue weighted by molar-refractivity contribution is 4.94. The van der Waals surface area contributed by atoms with Crippen molar-refractivity contribution in [1.29, 1.82) is 0 Å². The van der Waals surface area contributed by atoms with E-state index in [4.69, 9.17) is 10.5 Å². The van der Waals surface area contributed by atoms with Crippen molar-refractivity contribution in [3.8, 4) is 0 Å². The van der Waals surface area contributed by atoms with Gasteiger partial charge in [0.25, 0.3) is 0 Å². The zero-order valence-electron chi connectivity index (χ0n) is 12.2. The predicted octanol–water partition coefficient (Wildman–Crippen LogP) is 3.74. The van der Waals surface area contributed by atoms with E-state index in [0.717, 1.165) is 18.9 Å². The van der Waals surface area contributed by atoms with Gasteiger partial charge in [0.1, 0.15) is 0 Å². The quantitative estimate of drug-likeness (QED) is 0.769. The Morgan fingerprint density at radius 3 is 2.41 bits per heavy atom. The molecule has 2 heteroatoms. The molecule has 1 rings (SSSR count). The van der Waals surface area contributed by atoms with Gasteiger partial charge in [-0.05, 0) is 38.5 Å². The van der Waals surface area contributed by atoms with Gasteiger partial charge in [-0.3, -0.25) is 0 Å². The van der Waals surface area contributed by atoms with Crippen LogP contribution in [0, 0.1) is 11.8 Å². The molecule has 1 aliphatic rings. The van der Waals surface area contributed by atoms with Crippen LogP contribution in [0.4, 0.5) is 0 Å². The van der Waals surface area contributed by atoms with Gasteiger partial charge in [0.2, 0.25) is 0 Å². The molecular formula is C15H31NO. The monoisotopic (exact) mass is 241 g/mol. The third-order valence-corrected chi connectivity index (χ3v) is 4.83. The number of rotatable bonds is 6. The van der Waals surface area contributed by atoms with Gasteiger partial charge in [-0.2, -0.15) is 0 Å². The maximum absolute atomic E-state index is 6.56. The summed E-state index contributed by atoms with van der Waals surface area (Å²) in [7, 11) is 0. The third-order valence-electron chi connectivity index (χ3n) is 4.83. The molecule has 0 radical (unpaired) electrons. The van der Waals surface area contributed by atoms with Crippen LogP contribution in [-0.2, 0) is 4.74 Å². The van der Waals surface area contributed by atoms with Crippen molar-refractivity contribution in [2.75, 3.05) is 6.61 Å². The summed E-state index contributed by atoms with van der Waals surface area (Å²) in [4.78, 5) is 0. The summed E-state index contributed by atoms with van der Waals surface area (Å²) < 4.78 is 5.96. The number of hydrogen-bond donors (Lipinski definition) is 1. The van der Waals surface area contributed by atoms with Gasteiger partial charge in [0, 0.05) is 12.6 Å². The van der Waals surface area contributed by atoms with E-state index in [1.54, 1.807) is 0 Å². The first-order valence-electron chi connectivity index (χ1n) is 7.48. The van der Waals surface area contributed by atoms with Crippen LogP contribution in [0.2, 0.25) is 0 Å². The maximum atomic E-state index is 6.56. The van der Waals surface area contributed by atoms with Crippen molar-refractivity contribution in [2.24, 2.45) is 17.6 Å². The highest BCUT2D eigenvalue weighted by atomic mass is 16.5. The fraction of sp³-hybridized carbons (Fsp3) is 1.00. The highest BCUT2D eigenvalue weighted by Gasteiger charge is 2.39. The van der Waals surface area contributed by atoms with Crippen LogP contribution in [0.15, 0.2) is 0 Å². The third kappa shape index (κ3) is 3.45. The summed E-state index contributed by atoms with van der Waals surface area (Å²) in [5.74, 6) is 1.47. The lowest BCUT2D eigenvalue weighted by Crippen LogP contribution is -2.54. The largest absolute Gasteiger partial charge is 0.374 e. The standard InChI is InChI=1S/C15H31NO/c1-5-12-10-8-9-11-13(12)14(16)15(4,6-2)17-7-3/h12-14H,5-11,16H2,1-4H3. The Bertz CT molecular complexity index is 219. The molecule has 0 aromatic carbocycles. The number of nitrogens with two attached hydrogens (primary N) is 1. The molecule has 0 spiro atoms. The summed E-state index contributed by atoms with van der Waals surface area (Å²) in [6.45, 7) is 9.53. The van der Waals surface area contributed by atoms with Crippen LogP contribution >= 0.6 is 0 Å². The molecule has 1 aliphatic carbocycles. The summed E-state index contributed by atoms with van der Waals surface area (Å²) in [5.41, 5.74) is 6.43. The van der Waals surface area contributed by atoms with Crippen LogP contribution in [0.3, 0.4) is 0 Å². The Morgan fingerprint density at radius 2 is 1.88 bits per heavy atom. The molecule has 0 aromatic rings. The molecule has 0 bridgehead atoms. The van der Waals surface area contributed by atoms with Crippen molar-refractivity contribution < 1.29 is 4.74 Å². The lowest BCUT2D eigenvalue weighted by molar-refractivity contribution is -0.0698. The first kappa shape index (κ1) is 15.0. The van der Waals surface area contributed by atoms with E-state index >= 15 is 0 Å². The molecule has 0 aromatic heterocycles. The zero-order valence-corrected chi connectivity index (χ0v) is 12.2. The van der Waals surface area contributed by atoms with Crippen LogP contribution < -0.4 is 5.73 Å². The van der Waals surface area contributed by atoms with E-state index in [1.807, 2.05) is 0 Å². The van der Waals surface area contributed by atoms with Gasteiger partial charge in [-0.1, -0.05) is 39.5 Å². The smallest absolute Gasteiger partial charge is 0.0804 e. The minimum Gasteiger partial charge on any atom is -0.374 e. The van der Waals surface area contributed by atoms with Gasteiger partial charge >= 0.3 is 0 Å².